The lowest BCUT2D eigenvalue weighted by molar-refractivity contribution is 0.0961. The van der Waals surface area contributed by atoms with Gasteiger partial charge < -0.3 is 14.1 Å². The molecule has 0 aliphatic carbocycles. The molecule has 4 aromatic rings. The molecular formula is C24H27N3O3S. The number of ether oxygens (including phenoxy) is 1. The molecule has 0 spiro atoms. The molecule has 0 N–H and O–H groups in total. The van der Waals surface area contributed by atoms with E-state index in [2.05, 4.69) is 17.9 Å². The zero-order valence-electron chi connectivity index (χ0n) is 18.3. The normalized spacial score (nSPS) is 11.5. The van der Waals surface area contributed by atoms with Crippen molar-refractivity contribution in [3.8, 4) is 5.75 Å². The van der Waals surface area contributed by atoms with Crippen molar-refractivity contribution in [1.29, 1.82) is 0 Å². The van der Waals surface area contributed by atoms with Gasteiger partial charge in [-0.1, -0.05) is 29.5 Å². The Morgan fingerprint density at radius 1 is 1.16 bits per heavy atom. The third-order valence-electron chi connectivity index (χ3n) is 5.01. The third-order valence-corrected chi connectivity index (χ3v) is 6.06. The minimum atomic E-state index is -0.187. The van der Waals surface area contributed by atoms with Crippen LogP contribution in [0.4, 0.5) is 5.13 Å². The zero-order chi connectivity index (χ0) is 22.0. The van der Waals surface area contributed by atoms with Crippen LogP contribution in [0.15, 0.2) is 46.9 Å². The van der Waals surface area contributed by atoms with Gasteiger partial charge in [0.15, 0.2) is 22.2 Å². The zero-order valence-corrected chi connectivity index (χ0v) is 19.2. The maximum Gasteiger partial charge on any atom is 0.295 e. The minimum absolute atomic E-state index is 0.187. The first kappa shape index (κ1) is 21.3. The van der Waals surface area contributed by atoms with Gasteiger partial charge in [0.2, 0.25) is 0 Å². The van der Waals surface area contributed by atoms with Crippen molar-refractivity contribution in [2.45, 2.75) is 20.3 Å². The number of rotatable bonds is 8. The number of para-hydroxylation sites is 1. The number of hydrogen-bond donors (Lipinski definition) is 0. The molecule has 31 heavy (non-hydrogen) atoms. The van der Waals surface area contributed by atoms with Gasteiger partial charge in [-0.3, -0.25) is 9.69 Å². The molecule has 0 fully saturated rings. The Labute approximate surface area is 186 Å². The second-order valence-corrected chi connectivity index (χ2v) is 8.81. The fourth-order valence-electron chi connectivity index (χ4n) is 3.51. The molecule has 2 heterocycles. The van der Waals surface area contributed by atoms with Gasteiger partial charge in [0.25, 0.3) is 5.91 Å². The van der Waals surface area contributed by atoms with Crippen LogP contribution in [0.2, 0.25) is 0 Å². The summed E-state index contributed by atoms with van der Waals surface area (Å²) in [5, 5.41) is 1.54. The molecule has 6 nitrogen and oxygen atoms in total. The van der Waals surface area contributed by atoms with Gasteiger partial charge in [0.05, 0.1) is 16.8 Å². The standard InChI is InChI=1S/C24H27N3O3S/c1-5-29-19-9-6-8-17-15-20(30-22(17)19)23(28)27(13-7-12-26(3)4)24-25-18-11-10-16(2)14-21(18)31-24/h6,8-11,14-15H,5,7,12-13H2,1-4H3. The lowest BCUT2D eigenvalue weighted by Crippen LogP contribution is -2.33. The molecule has 1 amide bonds. The number of anilines is 1. The average molecular weight is 438 g/mol. The molecule has 0 atom stereocenters. The van der Waals surface area contributed by atoms with Crippen molar-refractivity contribution in [2.75, 3.05) is 38.7 Å². The number of aromatic nitrogens is 1. The van der Waals surface area contributed by atoms with Gasteiger partial charge in [0.1, 0.15) is 0 Å². The molecule has 2 aromatic carbocycles. The predicted molar refractivity (Wildman–Crippen MR) is 127 cm³/mol. The molecule has 0 saturated carbocycles. The number of benzene rings is 2. The third kappa shape index (κ3) is 4.57. The van der Waals surface area contributed by atoms with Crippen LogP contribution in [0.1, 0.15) is 29.5 Å². The van der Waals surface area contributed by atoms with Crippen molar-refractivity contribution in [1.82, 2.24) is 9.88 Å². The summed E-state index contributed by atoms with van der Waals surface area (Å²) >= 11 is 1.53. The topological polar surface area (TPSA) is 58.8 Å². The molecule has 0 aliphatic rings. The highest BCUT2D eigenvalue weighted by molar-refractivity contribution is 7.22. The molecule has 4 rings (SSSR count). The molecular weight excluding hydrogens is 410 g/mol. The first-order chi connectivity index (χ1) is 15.0. The molecule has 7 heteroatoms. The first-order valence-corrected chi connectivity index (χ1v) is 11.3. The van der Waals surface area contributed by atoms with Crippen LogP contribution in [0.25, 0.3) is 21.2 Å². The average Bonchev–Trinajstić information content (AvgIpc) is 3.35. The van der Waals surface area contributed by atoms with Crippen molar-refractivity contribution < 1.29 is 13.9 Å². The Kier molecular flexibility index (Phi) is 6.25. The van der Waals surface area contributed by atoms with E-state index in [9.17, 15) is 4.79 Å². The summed E-state index contributed by atoms with van der Waals surface area (Å²) in [6.45, 7) is 5.96. The van der Waals surface area contributed by atoms with E-state index in [1.54, 1.807) is 11.0 Å². The molecule has 0 bridgehead atoms. The lowest BCUT2D eigenvalue weighted by Gasteiger charge is -2.19. The van der Waals surface area contributed by atoms with E-state index in [4.69, 9.17) is 14.1 Å². The summed E-state index contributed by atoms with van der Waals surface area (Å²) in [5.41, 5.74) is 2.68. The van der Waals surface area contributed by atoms with Gasteiger partial charge in [0, 0.05) is 11.9 Å². The highest BCUT2D eigenvalue weighted by Crippen LogP contribution is 2.33. The van der Waals surface area contributed by atoms with Crippen LogP contribution in [-0.2, 0) is 0 Å². The molecule has 2 aromatic heterocycles. The minimum Gasteiger partial charge on any atom is -0.490 e. The summed E-state index contributed by atoms with van der Waals surface area (Å²) < 4.78 is 12.7. The Morgan fingerprint density at radius 2 is 2.00 bits per heavy atom. The summed E-state index contributed by atoms with van der Waals surface area (Å²) in [6, 6.07) is 13.6. The van der Waals surface area contributed by atoms with E-state index in [1.165, 1.54) is 16.9 Å². The Bertz CT molecular complexity index is 1210. The largest absolute Gasteiger partial charge is 0.490 e. The molecule has 162 valence electrons. The first-order valence-electron chi connectivity index (χ1n) is 10.5. The van der Waals surface area contributed by atoms with Crippen LogP contribution in [-0.4, -0.2) is 49.6 Å². The second kappa shape index (κ2) is 9.08. The van der Waals surface area contributed by atoms with E-state index in [0.29, 0.717) is 35.4 Å². The van der Waals surface area contributed by atoms with Crippen molar-refractivity contribution in [2.24, 2.45) is 0 Å². The Hall–Kier alpha value is -2.90. The monoisotopic (exact) mass is 437 g/mol. The summed E-state index contributed by atoms with van der Waals surface area (Å²) in [5.74, 6) is 0.754. The predicted octanol–water partition coefficient (Wildman–Crippen LogP) is 5.35. The summed E-state index contributed by atoms with van der Waals surface area (Å²) in [4.78, 5) is 22.1. The van der Waals surface area contributed by atoms with Crippen LogP contribution in [0, 0.1) is 6.92 Å². The number of furan rings is 1. The maximum atomic E-state index is 13.5. The summed E-state index contributed by atoms with van der Waals surface area (Å²) in [6.07, 6.45) is 0.831. The number of hydrogen-bond acceptors (Lipinski definition) is 6. The number of nitrogens with zero attached hydrogens (tertiary/aromatic N) is 3. The lowest BCUT2D eigenvalue weighted by atomic mass is 10.2. The van der Waals surface area contributed by atoms with E-state index in [-0.39, 0.29) is 5.91 Å². The van der Waals surface area contributed by atoms with Gasteiger partial charge in [-0.05, 0) is 70.7 Å². The van der Waals surface area contributed by atoms with Gasteiger partial charge in [-0.25, -0.2) is 4.98 Å². The quantitative estimate of drug-likeness (QED) is 0.372. The van der Waals surface area contributed by atoms with Gasteiger partial charge in [-0.2, -0.15) is 0 Å². The van der Waals surface area contributed by atoms with Gasteiger partial charge in [-0.15, -0.1) is 0 Å². The van der Waals surface area contributed by atoms with E-state index < -0.39 is 0 Å². The number of aryl methyl sites for hydroxylation is 1. The summed E-state index contributed by atoms with van der Waals surface area (Å²) in [7, 11) is 4.06. The van der Waals surface area contributed by atoms with E-state index in [1.807, 2.05) is 51.4 Å². The number of fused-ring (bicyclic) bond motifs is 2. The van der Waals surface area contributed by atoms with Crippen molar-refractivity contribution in [3.63, 3.8) is 0 Å². The second-order valence-electron chi connectivity index (χ2n) is 7.80. The van der Waals surface area contributed by atoms with Gasteiger partial charge >= 0.3 is 0 Å². The number of thiazole rings is 1. The van der Waals surface area contributed by atoms with Crippen molar-refractivity contribution in [3.05, 3.63) is 53.8 Å². The van der Waals surface area contributed by atoms with E-state index in [0.717, 1.165) is 28.6 Å². The van der Waals surface area contributed by atoms with E-state index >= 15 is 0 Å². The smallest absolute Gasteiger partial charge is 0.295 e. The van der Waals surface area contributed by atoms with Crippen LogP contribution < -0.4 is 9.64 Å². The van der Waals surface area contributed by atoms with Crippen molar-refractivity contribution >= 4 is 43.6 Å². The fourth-order valence-corrected chi connectivity index (χ4v) is 4.60. The maximum absolute atomic E-state index is 13.5. The molecule has 0 aliphatic heterocycles. The van der Waals surface area contributed by atoms with Crippen LogP contribution in [0.3, 0.4) is 0 Å². The molecule has 0 saturated heterocycles. The molecule has 0 unspecified atom stereocenters. The number of carbonyl (C=O) groups excluding carboxylic acids is 1. The highest BCUT2D eigenvalue weighted by Gasteiger charge is 2.25. The van der Waals surface area contributed by atoms with Crippen LogP contribution >= 0.6 is 11.3 Å². The number of amides is 1. The van der Waals surface area contributed by atoms with Crippen LogP contribution in [0.5, 0.6) is 5.75 Å². The SMILES string of the molecule is CCOc1cccc2cc(C(=O)N(CCCN(C)C)c3nc4ccc(C)cc4s3)oc12. The fraction of sp³-hybridized carbons (Fsp3) is 0.333. The Balaban J connectivity index is 1.70. The highest BCUT2D eigenvalue weighted by atomic mass is 32.1. The Morgan fingerprint density at radius 3 is 2.77 bits per heavy atom. The molecule has 0 radical (unpaired) electrons. The number of carbonyl (C=O) groups is 1.